The number of hydrogen-bond acceptors (Lipinski definition) is 5. The molecule has 0 saturated heterocycles. The molecule has 0 fully saturated rings. The van der Waals surface area contributed by atoms with Crippen molar-refractivity contribution in [2.75, 3.05) is 30.4 Å². The van der Waals surface area contributed by atoms with Gasteiger partial charge < -0.3 is 20.1 Å². The summed E-state index contributed by atoms with van der Waals surface area (Å²) < 4.78 is 11.1. The number of benzene rings is 2. The van der Waals surface area contributed by atoms with Crippen LogP contribution in [0, 0.1) is 0 Å². The molecule has 6 heteroatoms. The number of rotatable bonds is 6. The quantitative estimate of drug-likeness (QED) is 0.686. The van der Waals surface area contributed by atoms with Gasteiger partial charge >= 0.3 is 0 Å². The molecule has 0 radical (unpaired) electrons. The summed E-state index contributed by atoms with van der Waals surface area (Å²) in [5.74, 6) is 1.80. The Morgan fingerprint density at radius 3 is 2.64 bits per heavy atom. The zero-order valence-electron chi connectivity index (χ0n) is 15.4. The number of carbonyl (C=O) groups is 1. The first-order chi connectivity index (χ1) is 13.8. The van der Waals surface area contributed by atoms with Crippen LogP contribution in [0.25, 0.3) is 0 Å². The summed E-state index contributed by atoms with van der Waals surface area (Å²) in [5.41, 5.74) is 2.44. The number of amides is 1. The van der Waals surface area contributed by atoms with E-state index in [0.29, 0.717) is 41.8 Å². The Morgan fingerprint density at radius 1 is 0.964 bits per heavy atom. The SMILES string of the molecule is O=C(Nc1ccc2c(c1)OCCO2)c1ccnc(NCCc2ccccc2)c1. The largest absolute Gasteiger partial charge is 0.486 e. The number of fused-ring (bicyclic) bond motifs is 1. The Morgan fingerprint density at radius 2 is 1.79 bits per heavy atom. The third-order valence-corrected chi connectivity index (χ3v) is 4.38. The van der Waals surface area contributed by atoms with Crippen molar-refractivity contribution in [1.82, 2.24) is 4.98 Å². The van der Waals surface area contributed by atoms with E-state index in [-0.39, 0.29) is 5.91 Å². The van der Waals surface area contributed by atoms with Crippen molar-refractivity contribution in [2.24, 2.45) is 0 Å². The van der Waals surface area contributed by atoms with Crippen molar-refractivity contribution < 1.29 is 14.3 Å². The molecule has 4 rings (SSSR count). The highest BCUT2D eigenvalue weighted by Gasteiger charge is 2.13. The fraction of sp³-hybridized carbons (Fsp3) is 0.182. The second-order valence-electron chi connectivity index (χ2n) is 6.40. The molecule has 0 atom stereocenters. The monoisotopic (exact) mass is 375 g/mol. The first-order valence-corrected chi connectivity index (χ1v) is 9.23. The topological polar surface area (TPSA) is 72.5 Å². The molecule has 2 heterocycles. The van der Waals surface area contributed by atoms with Crippen molar-refractivity contribution >= 4 is 17.4 Å². The maximum atomic E-state index is 12.6. The summed E-state index contributed by atoms with van der Waals surface area (Å²) in [7, 11) is 0. The predicted molar refractivity (Wildman–Crippen MR) is 108 cm³/mol. The minimum Gasteiger partial charge on any atom is -0.486 e. The van der Waals surface area contributed by atoms with Gasteiger partial charge in [0.05, 0.1) is 0 Å². The molecule has 2 aromatic carbocycles. The van der Waals surface area contributed by atoms with E-state index in [2.05, 4.69) is 27.8 Å². The third kappa shape index (κ3) is 4.40. The summed E-state index contributed by atoms with van der Waals surface area (Å²) in [6.07, 6.45) is 2.51. The van der Waals surface area contributed by atoms with Crippen LogP contribution in [0.4, 0.5) is 11.5 Å². The van der Waals surface area contributed by atoms with E-state index >= 15 is 0 Å². The number of ether oxygens (including phenoxy) is 2. The number of anilines is 2. The molecular weight excluding hydrogens is 354 g/mol. The number of pyridine rings is 1. The summed E-state index contributed by atoms with van der Waals surface area (Å²) in [6.45, 7) is 1.78. The number of hydrogen-bond donors (Lipinski definition) is 2. The van der Waals surface area contributed by atoms with Crippen LogP contribution >= 0.6 is 0 Å². The van der Waals surface area contributed by atoms with Gasteiger partial charge in [0.2, 0.25) is 0 Å². The minimum atomic E-state index is -0.204. The van der Waals surface area contributed by atoms with Crippen molar-refractivity contribution in [3.63, 3.8) is 0 Å². The Balaban J connectivity index is 1.37. The molecule has 1 aliphatic heterocycles. The highest BCUT2D eigenvalue weighted by molar-refractivity contribution is 6.04. The first kappa shape index (κ1) is 17.9. The number of nitrogens with zero attached hydrogens (tertiary/aromatic N) is 1. The highest BCUT2D eigenvalue weighted by Crippen LogP contribution is 2.32. The Bertz CT molecular complexity index is 960. The fourth-order valence-electron chi connectivity index (χ4n) is 2.97. The van der Waals surface area contributed by atoms with Gasteiger partial charge in [0.25, 0.3) is 5.91 Å². The van der Waals surface area contributed by atoms with E-state index < -0.39 is 0 Å². The van der Waals surface area contributed by atoms with Gasteiger partial charge in [0, 0.05) is 30.1 Å². The van der Waals surface area contributed by atoms with Crippen LogP contribution in [0.15, 0.2) is 66.9 Å². The average molecular weight is 375 g/mol. The standard InChI is InChI=1S/C22H21N3O3/c26-22(25-18-6-7-19-20(15-18)28-13-12-27-19)17-9-11-24-21(14-17)23-10-8-16-4-2-1-3-5-16/h1-7,9,11,14-15H,8,10,12-13H2,(H,23,24)(H,25,26). The molecule has 3 aromatic rings. The minimum absolute atomic E-state index is 0.204. The van der Waals surface area contributed by atoms with E-state index in [0.717, 1.165) is 13.0 Å². The lowest BCUT2D eigenvalue weighted by Crippen LogP contribution is -2.16. The maximum absolute atomic E-state index is 12.6. The lowest BCUT2D eigenvalue weighted by atomic mass is 10.1. The van der Waals surface area contributed by atoms with E-state index in [1.165, 1.54) is 5.56 Å². The molecule has 0 spiro atoms. The maximum Gasteiger partial charge on any atom is 0.255 e. The van der Waals surface area contributed by atoms with Gasteiger partial charge in [-0.2, -0.15) is 0 Å². The van der Waals surface area contributed by atoms with Crippen LogP contribution in [0.2, 0.25) is 0 Å². The van der Waals surface area contributed by atoms with Crippen LogP contribution in [0.1, 0.15) is 15.9 Å². The molecular formula is C22H21N3O3. The second kappa shape index (κ2) is 8.43. The smallest absolute Gasteiger partial charge is 0.255 e. The van der Waals surface area contributed by atoms with Gasteiger partial charge in [-0.1, -0.05) is 30.3 Å². The van der Waals surface area contributed by atoms with Crippen LogP contribution in [-0.2, 0) is 6.42 Å². The molecule has 0 aliphatic carbocycles. The molecule has 0 unspecified atom stereocenters. The van der Waals surface area contributed by atoms with Gasteiger partial charge in [-0.3, -0.25) is 4.79 Å². The van der Waals surface area contributed by atoms with Crippen molar-refractivity contribution in [1.29, 1.82) is 0 Å². The molecule has 142 valence electrons. The molecule has 1 aromatic heterocycles. The molecule has 28 heavy (non-hydrogen) atoms. The number of aromatic nitrogens is 1. The average Bonchev–Trinajstić information content (AvgIpc) is 2.75. The Labute approximate surface area is 163 Å². The first-order valence-electron chi connectivity index (χ1n) is 9.23. The third-order valence-electron chi connectivity index (χ3n) is 4.38. The Kier molecular flexibility index (Phi) is 5.38. The van der Waals surface area contributed by atoms with Crippen LogP contribution in [-0.4, -0.2) is 30.6 Å². The normalized spacial score (nSPS) is 12.3. The molecule has 1 amide bonds. The summed E-state index contributed by atoms with van der Waals surface area (Å²) in [4.78, 5) is 16.9. The van der Waals surface area contributed by atoms with E-state index in [1.807, 2.05) is 18.2 Å². The van der Waals surface area contributed by atoms with Gasteiger partial charge in [0.1, 0.15) is 19.0 Å². The lowest BCUT2D eigenvalue weighted by molar-refractivity contribution is 0.102. The van der Waals surface area contributed by atoms with Crippen LogP contribution in [0.5, 0.6) is 11.5 Å². The van der Waals surface area contributed by atoms with Gasteiger partial charge in [-0.25, -0.2) is 4.98 Å². The van der Waals surface area contributed by atoms with Crippen molar-refractivity contribution in [3.05, 3.63) is 78.0 Å². The number of carbonyl (C=O) groups excluding carboxylic acids is 1. The lowest BCUT2D eigenvalue weighted by Gasteiger charge is -2.19. The molecule has 0 bridgehead atoms. The molecule has 0 saturated carbocycles. The van der Waals surface area contributed by atoms with Crippen molar-refractivity contribution in [3.8, 4) is 11.5 Å². The van der Waals surface area contributed by atoms with Crippen LogP contribution in [0.3, 0.4) is 0 Å². The molecule has 2 N–H and O–H groups in total. The zero-order valence-corrected chi connectivity index (χ0v) is 15.4. The number of nitrogens with one attached hydrogen (secondary N) is 2. The molecule has 1 aliphatic rings. The second-order valence-corrected chi connectivity index (χ2v) is 6.40. The summed E-state index contributed by atoms with van der Waals surface area (Å²) in [5, 5.41) is 6.15. The Hall–Kier alpha value is -3.54. The van der Waals surface area contributed by atoms with Crippen LogP contribution < -0.4 is 20.1 Å². The molecule has 6 nitrogen and oxygen atoms in total. The predicted octanol–water partition coefficient (Wildman–Crippen LogP) is 3.76. The van der Waals surface area contributed by atoms with E-state index in [9.17, 15) is 4.79 Å². The van der Waals surface area contributed by atoms with Crippen molar-refractivity contribution in [2.45, 2.75) is 6.42 Å². The van der Waals surface area contributed by atoms with E-state index in [4.69, 9.17) is 9.47 Å². The van der Waals surface area contributed by atoms with Gasteiger partial charge in [-0.15, -0.1) is 0 Å². The fourth-order valence-corrected chi connectivity index (χ4v) is 2.97. The zero-order chi connectivity index (χ0) is 19.2. The van der Waals surface area contributed by atoms with E-state index in [1.54, 1.807) is 36.5 Å². The summed E-state index contributed by atoms with van der Waals surface area (Å²) >= 11 is 0. The highest BCUT2D eigenvalue weighted by atomic mass is 16.6. The summed E-state index contributed by atoms with van der Waals surface area (Å²) in [6, 6.07) is 19.0. The van der Waals surface area contributed by atoms with Gasteiger partial charge in [-0.05, 0) is 36.2 Å². The van der Waals surface area contributed by atoms with Gasteiger partial charge in [0.15, 0.2) is 11.5 Å².